The number of nitrogens with zero attached hydrogens (tertiary/aromatic N) is 2. The predicted octanol–water partition coefficient (Wildman–Crippen LogP) is 3.96. The lowest BCUT2D eigenvalue weighted by Crippen LogP contribution is -2.42. The highest BCUT2D eigenvalue weighted by Crippen LogP contribution is 2.26. The molecule has 0 unspecified atom stereocenters. The van der Waals surface area contributed by atoms with Crippen LogP contribution >= 0.6 is 34.7 Å². The number of carbonyl (C=O) groups is 2. The molecule has 0 radical (unpaired) electrons. The Labute approximate surface area is 196 Å². The van der Waals surface area contributed by atoms with E-state index in [1.807, 2.05) is 6.92 Å². The number of benzene rings is 2. The number of thiophene rings is 1. The van der Waals surface area contributed by atoms with E-state index in [2.05, 4.69) is 15.8 Å². The molecule has 4 rings (SSSR count). The fourth-order valence-electron chi connectivity index (χ4n) is 3.02. The lowest BCUT2D eigenvalue weighted by atomic mass is 10.2. The second kappa shape index (κ2) is 9.56. The van der Waals surface area contributed by atoms with Crippen molar-refractivity contribution in [1.29, 1.82) is 0 Å². The van der Waals surface area contributed by atoms with E-state index >= 15 is 0 Å². The maximum atomic E-state index is 13.3. The largest absolute Gasteiger partial charge is 0.279 e. The van der Waals surface area contributed by atoms with E-state index in [4.69, 9.17) is 11.6 Å². The van der Waals surface area contributed by atoms with Crippen LogP contribution in [0, 0.1) is 6.92 Å². The van der Waals surface area contributed by atoms with Crippen LogP contribution in [0.15, 0.2) is 69.9 Å². The van der Waals surface area contributed by atoms with E-state index in [0.717, 1.165) is 17.3 Å². The predicted molar refractivity (Wildman–Crippen MR) is 128 cm³/mol. The van der Waals surface area contributed by atoms with E-state index in [0.29, 0.717) is 31.6 Å². The molecular formula is C22H17ClN4O3S2. The number of para-hydroxylation sites is 1. The molecule has 0 aliphatic rings. The van der Waals surface area contributed by atoms with Crippen LogP contribution in [0.4, 0.5) is 0 Å². The molecule has 0 aliphatic heterocycles. The molecule has 2 amide bonds. The highest BCUT2D eigenvalue weighted by Gasteiger charge is 2.17. The zero-order valence-corrected chi connectivity index (χ0v) is 19.2. The van der Waals surface area contributed by atoms with Gasteiger partial charge in [0.25, 0.3) is 11.5 Å². The lowest BCUT2D eigenvalue weighted by molar-refractivity contribution is -0.119. The van der Waals surface area contributed by atoms with Crippen molar-refractivity contribution in [3.63, 3.8) is 0 Å². The normalized spacial score (nSPS) is 10.8. The summed E-state index contributed by atoms with van der Waals surface area (Å²) < 4.78 is 1.46. The van der Waals surface area contributed by atoms with Gasteiger partial charge in [0.15, 0.2) is 5.16 Å². The Kier molecular flexibility index (Phi) is 6.59. The Balaban J connectivity index is 1.61. The number of halogens is 1. The van der Waals surface area contributed by atoms with Gasteiger partial charge >= 0.3 is 0 Å². The molecule has 0 saturated carbocycles. The molecule has 0 bridgehead atoms. The van der Waals surface area contributed by atoms with Gasteiger partial charge in [-0.05, 0) is 48.2 Å². The van der Waals surface area contributed by atoms with E-state index in [1.165, 1.54) is 15.9 Å². The number of hydrogen-bond donors (Lipinski definition) is 2. The van der Waals surface area contributed by atoms with Crippen molar-refractivity contribution in [3.8, 4) is 5.69 Å². The fraction of sp³-hybridized carbons (Fsp3) is 0.0909. The Morgan fingerprint density at radius 2 is 1.91 bits per heavy atom. The summed E-state index contributed by atoms with van der Waals surface area (Å²) in [5.74, 6) is -0.889. The van der Waals surface area contributed by atoms with E-state index in [9.17, 15) is 14.4 Å². The van der Waals surface area contributed by atoms with Crippen molar-refractivity contribution in [2.24, 2.45) is 0 Å². The molecule has 0 aliphatic carbocycles. The molecule has 4 aromatic rings. The van der Waals surface area contributed by atoms with Gasteiger partial charge in [-0.25, -0.2) is 4.98 Å². The van der Waals surface area contributed by atoms with Crippen molar-refractivity contribution in [1.82, 2.24) is 20.4 Å². The highest BCUT2D eigenvalue weighted by atomic mass is 35.5. The Hall–Kier alpha value is -3.14. The topological polar surface area (TPSA) is 93.1 Å². The lowest BCUT2D eigenvalue weighted by Gasteiger charge is -2.15. The summed E-state index contributed by atoms with van der Waals surface area (Å²) >= 11 is 8.64. The average Bonchev–Trinajstić information content (AvgIpc) is 3.34. The minimum Gasteiger partial charge on any atom is -0.272 e. The summed E-state index contributed by atoms with van der Waals surface area (Å²) in [6, 6.07) is 15.7. The summed E-state index contributed by atoms with van der Waals surface area (Å²) in [5.41, 5.74) is 6.35. The van der Waals surface area contributed by atoms with E-state index < -0.39 is 11.8 Å². The van der Waals surface area contributed by atoms with E-state index in [1.54, 1.807) is 60.0 Å². The second-order valence-electron chi connectivity index (χ2n) is 6.70. The number of carbonyl (C=O) groups excluding carboxylic acids is 2. The minimum atomic E-state index is -0.434. The first kappa shape index (κ1) is 22.1. The molecule has 2 aromatic heterocycles. The summed E-state index contributed by atoms with van der Waals surface area (Å²) in [7, 11) is 0. The third-order valence-corrected chi connectivity index (χ3v) is 6.83. The number of thioether (sulfide) groups is 1. The van der Waals surface area contributed by atoms with Crippen molar-refractivity contribution in [2.75, 3.05) is 5.75 Å². The molecule has 0 saturated heterocycles. The standard InChI is InChI=1S/C22H17ClN4O3S2/c1-13-15(23)7-4-9-17(13)27-21(30)14-6-2-3-8-16(14)24-22(27)32-12-19(28)25-26-20(29)18-10-5-11-31-18/h2-11H,12H2,1H3,(H,25,28)(H,26,29). The molecule has 2 N–H and O–H groups in total. The van der Waals surface area contributed by atoms with Gasteiger partial charge in [0.1, 0.15) is 0 Å². The number of amides is 2. The minimum absolute atomic E-state index is 0.0604. The average molecular weight is 485 g/mol. The van der Waals surface area contributed by atoms with Crippen LogP contribution in [-0.4, -0.2) is 27.1 Å². The van der Waals surface area contributed by atoms with Crippen molar-refractivity contribution in [3.05, 3.63) is 85.8 Å². The maximum Gasteiger partial charge on any atom is 0.279 e. The van der Waals surface area contributed by atoms with Crippen molar-refractivity contribution in [2.45, 2.75) is 12.1 Å². The summed E-state index contributed by atoms with van der Waals surface area (Å²) in [5, 5.41) is 3.10. The zero-order chi connectivity index (χ0) is 22.7. The van der Waals surface area contributed by atoms with Gasteiger partial charge in [-0.3, -0.25) is 29.8 Å². The zero-order valence-electron chi connectivity index (χ0n) is 16.8. The van der Waals surface area contributed by atoms with Crippen LogP contribution in [0.25, 0.3) is 16.6 Å². The van der Waals surface area contributed by atoms with Gasteiger partial charge in [-0.2, -0.15) is 0 Å². The van der Waals surface area contributed by atoms with Crippen LogP contribution in [0.1, 0.15) is 15.2 Å². The third kappa shape index (κ3) is 4.55. The maximum absolute atomic E-state index is 13.3. The SMILES string of the molecule is Cc1c(Cl)cccc1-n1c(SCC(=O)NNC(=O)c2cccs2)nc2ccccc2c1=O. The first-order valence-corrected chi connectivity index (χ1v) is 11.7. The molecule has 2 heterocycles. The van der Waals surface area contributed by atoms with Gasteiger partial charge in [0.05, 0.1) is 27.2 Å². The molecular weight excluding hydrogens is 468 g/mol. The molecule has 0 spiro atoms. The summed E-state index contributed by atoms with van der Waals surface area (Å²) in [4.78, 5) is 42.7. The van der Waals surface area contributed by atoms with Gasteiger partial charge in [-0.15, -0.1) is 11.3 Å². The van der Waals surface area contributed by atoms with Crippen molar-refractivity contribution >= 4 is 57.4 Å². The smallest absolute Gasteiger partial charge is 0.272 e. The molecule has 7 nitrogen and oxygen atoms in total. The molecule has 0 atom stereocenters. The quantitative estimate of drug-likeness (QED) is 0.254. The summed E-state index contributed by atoms with van der Waals surface area (Å²) in [6.45, 7) is 1.82. The first-order valence-electron chi connectivity index (χ1n) is 9.48. The Morgan fingerprint density at radius 3 is 2.69 bits per heavy atom. The molecule has 10 heteroatoms. The van der Waals surface area contributed by atoms with Gasteiger partial charge in [0, 0.05) is 5.02 Å². The molecule has 32 heavy (non-hydrogen) atoms. The van der Waals surface area contributed by atoms with Gasteiger partial charge in [-0.1, -0.05) is 47.6 Å². The first-order chi connectivity index (χ1) is 15.5. The van der Waals surface area contributed by atoms with Gasteiger partial charge in [0.2, 0.25) is 5.91 Å². The van der Waals surface area contributed by atoms with Crippen LogP contribution in [0.3, 0.4) is 0 Å². The molecule has 0 fully saturated rings. The molecule has 2 aromatic carbocycles. The fourth-order valence-corrected chi connectivity index (χ4v) is 4.62. The summed E-state index contributed by atoms with van der Waals surface area (Å²) in [6.07, 6.45) is 0. The van der Waals surface area contributed by atoms with E-state index in [-0.39, 0.29) is 11.3 Å². The number of fused-ring (bicyclic) bond motifs is 1. The monoisotopic (exact) mass is 484 g/mol. The number of hydrazine groups is 1. The highest BCUT2D eigenvalue weighted by molar-refractivity contribution is 7.99. The Morgan fingerprint density at radius 1 is 1.09 bits per heavy atom. The molecule has 162 valence electrons. The van der Waals surface area contributed by atoms with Crippen LogP contribution in [-0.2, 0) is 4.79 Å². The number of aromatic nitrogens is 2. The van der Waals surface area contributed by atoms with Crippen LogP contribution < -0.4 is 16.4 Å². The number of hydrogen-bond acceptors (Lipinski definition) is 6. The third-order valence-electron chi connectivity index (χ3n) is 4.62. The Bertz CT molecular complexity index is 1370. The van der Waals surface area contributed by atoms with Crippen LogP contribution in [0.2, 0.25) is 5.02 Å². The van der Waals surface area contributed by atoms with Crippen molar-refractivity contribution < 1.29 is 9.59 Å². The van der Waals surface area contributed by atoms with Crippen LogP contribution in [0.5, 0.6) is 0 Å². The number of nitrogens with one attached hydrogen (secondary N) is 2. The number of rotatable bonds is 5. The van der Waals surface area contributed by atoms with Gasteiger partial charge < -0.3 is 0 Å². The second-order valence-corrected chi connectivity index (χ2v) is 9.00.